The molecule has 19 heavy (non-hydrogen) atoms. The van der Waals surface area contributed by atoms with Crippen LogP contribution in [-0.4, -0.2) is 29.7 Å². The van der Waals surface area contributed by atoms with E-state index in [2.05, 4.69) is 31.0 Å². The highest BCUT2D eigenvalue weighted by molar-refractivity contribution is 9.10. The van der Waals surface area contributed by atoms with E-state index < -0.39 is 10.0 Å². The molecule has 0 unspecified atom stereocenters. The summed E-state index contributed by atoms with van der Waals surface area (Å²) in [6.45, 7) is 2.10. The number of hydrogen-bond donors (Lipinski definition) is 1. The quantitative estimate of drug-likeness (QED) is 0.909. The Morgan fingerprint density at radius 2 is 2.16 bits per heavy atom. The van der Waals surface area contributed by atoms with Gasteiger partial charge in [-0.1, -0.05) is 21.1 Å². The SMILES string of the molecule is Cc1cc(Br)ccc1-n1cc(CNS(C)(=O)=O)nn1. The molecule has 102 valence electrons. The summed E-state index contributed by atoms with van der Waals surface area (Å²) in [6, 6.07) is 5.81. The summed E-state index contributed by atoms with van der Waals surface area (Å²) < 4.78 is 27.0. The Bertz CT molecular complexity index is 696. The van der Waals surface area contributed by atoms with Crippen molar-refractivity contribution in [1.29, 1.82) is 0 Å². The van der Waals surface area contributed by atoms with E-state index in [1.807, 2.05) is 25.1 Å². The fourth-order valence-corrected chi connectivity index (χ4v) is 2.46. The highest BCUT2D eigenvalue weighted by Crippen LogP contribution is 2.18. The number of aromatic nitrogens is 3. The van der Waals surface area contributed by atoms with Gasteiger partial charge in [-0.3, -0.25) is 0 Å². The van der Waals surface area contributed by atoms with Crippen LogP contribution in [0.2, 0.25) is 0 Å². The summed E-state index contributed by atoms with van der Waals surface area (Å²) in [6.07, 6.45) is 2.81. The molecule has 8 heteroatoms. The van der Waals surface area contributed by atoms with Crippen molar-refractivity contribution in [3.8, 4) is 5.69 Å². The predicted molar refractivity (Wildman–Crippen MR) is 75.5 cm³/mol. The first-order chi connectivity index (χ1) is 8.85. The van der Waals surface area contributed by atoms with Crippen molar-refractivity contribution in [3.63, 3.8) is 0 Å². The molecule has 0 saturated carbocycles. The fourth-order valence-electron chi connectivity index (χ4n) is 1.58. The Morgan fingerprint density at radius 1 is 1.42 bits per heavy atom. The first-order valence-corrected chi connectivity index (χ1v) is 8.16. The number of hydrogen-bond acceptors (Lipinski definition) is 4. The summed E-state index contributed by atoms with van der Waals surface area (Å²) in [5.41, 5.74) is 2.51. The lowest BCUT2D eigenvalue weighted by atomic mass is 10.2. The Kier molecular flexibility index (Phi) is 4.02. The summed E-state index contributed by atoms with van der Waals surface area (Å²) >= 11 is 3.40. The van der Waals surface area contributed by atoms with Gasteiger partial charge in [-0.05, 0) is 30.7 Å². The van der Waals surface area contributed by atoms with Crippen LogP contribution < -0.4 is 4.72 Å². The van der Waals surface area contributed by atoms with E-state index in [9.17, 15) is 8.42 Å². The molecule has 1 aromatic heterocycles. The molecule has 2 aromatic rings. The van der Waals surface area contributed by atoms with Gasteiger partial charge in [0.25, 0.3) is 0 Å². The summed E-state index contributed by atoms with van der Waals surface area (Å²) in [4.78, 5) is 0. The number of sulfonamides is 1. The zero-order valence-electron chi connectivity index (χ0n) is 10.5. The maximum absolute atomic E-state index is 11.0. The van der Waals surface area contributed by atoms with E-state index in [0.29, 0.717) is 5.69 Å². The zero-order valence-corrected chi connectivity index (χ0v) is 12.9. The maximum atomic E-state index is 11.0. The Hall–Kier alpha value is -1.25. The van der Waals surface area contributed by atoms with Crippen LogP contribution in [-0.2, 0) is 16.6 Å². The number of nitrogens with one attached hydrogen (secondary N) is 1. The third kappa shape index (κ3) is 3.85. The van der Waals surface area contributed by atoms with E-state index in [1.54, 1.807) is 10.9 Å². The van der Waals surface area contributed by atoms with Gasteiger partial charge in [-0.15, -0.1) is 5.10 Å². The maximum Gasteiger partial charge on any atom is 0.209 e. The zero-order chi connectivity index (χ0) is 14.0. The van der Waals surface area contributed by atoms with Crippen LogP contribution in [0.1, 0.15) is 11.3 Å². The van der Waals surface area contributed by atoms with E-state index in [1.165, 1.54) is 0 Å². The monoisotopic (exact) mass is 344 g/mol. The number of benzene rings is 1. The first-order valence-electron chi connectivity index (χ1n) is 5.47. The average molecular weight is 345 g/mol. The van der Waals surface area contributed by atoms with Crippen LogP contribution in [0.3, 0.4) is 0 Å². The van der Waals surface area contributed by atoms with Gasteiger partial charge < -0.3 is 0 Å². The van der Waals surface area contributed by atoms with Gasteiger partial charge in [0.2, 0.25) is 10.0 Å². The van der Waals surface area contributed by atoms with Crippen molar-refractivity contribution in [2.45, 2.75) is 13.5 Å². The van der Waals surface area contributed by atoms with E-state index >= 15 is 0 Å². The minimum Gasteiger partial charge on any atom is -0.220 e. The highest BCUT2D eigenvalue weighted by atomic mass is 79.9. The van der Waals surface area contributed by atoms with Gasteiger partial charge in [0, 0.05) is 4.47 Å². The van der Waals surface area contributed by atoms with Crippen molar-refractivity contribution in [1.82, 2.24) is 19.7 Å². The standard InChI is InChI=1S/C11H13BrN4O2S/c1-8-5-9(12)3-4-11(8)16-7-10(14-15-16)6-13-19(2,17)18/h3-5,7,13H,6H2,1-2H3. The van der Waals surface area contributed by atoms with Crippen LogP contribution in [0, 0.1) is 6.92 Å². The van der Waals surface area contributed by atoms with E-state index in [4.69, 9.17) is 0 Å². The highest BCUT2D eigenvalue weighted by Gasteiger charge is 2.07. The molecule has 0 radical (unpaired) electrons. The third-order valence-corrected chi connectivity index (χ3v) is 3.62. The van der Waals surface area contributed by atoms with Crippen molar-refractivity contribution in [2.24, 2.45) is 0 Å². The lowest BCUT2D eigenvalue weighted by molar-refractivity contribution is 0.586. The molecule has 0 aliphatic rings. The average Bonchev–Trinajstić information content (AvgIpc) is 2.74. The number of halogens is 1. The van der Waals surface area contributed by atoms with Gasteiger partial charge in [0.15, 0.2) is 0 Å². The molecule has 0 saturated heterocycles. The smallest absolute Gasteiger partial charge is 0.209 e. The number of nitrogens with zero attached hydrogens (tertiary/aromatic N) is 3. The van der Waals surface area contributed by atoms with Gasteiger partial charge >= 0.3 is 0 Å². The molecule has 0 fully saturated rings. The summed E-state index contributed by atoms with van der Waals surface area (Å²) in [5.74, 6) is 0. The summed E-state index contributed by atoms with van der Waals surface area (Å²) in [5, 5.41) is 7.93. The largest absolute Gasteiger partial charge is 0.220 e. The molecule has 0 atom stereocenters. The summed E-state index contributed by atoms with van der Waals surface area (Å²) in [7, 11) is -3.22. The Morgan fingerprint density at radius 3 is 2.79 bits per heavy atom. The van der Waals surface area contributed by atoms with Crippen LogP contribution in [0.4, 0.5) is 0 Å². The predicted octanol–water partition coefficient (Wildman–Crippen LogP) is 1.39. The van der Waals surface area contributed by atoms with Crippen molar-refractivity contribution >= 4 is 26.0 Å². The molecule has 1 heterocycles. The van der Waals surface area contributed by atoms with Crippen molar-refractivity contribution in [2.75, 3.05) is 6.26 Å². The third-order valence-electron chi connectivity index (χ3n) is 2.46. The normalized spacial score (nSPS) is 11.7. The van der Waals surface area contributed by atoms with Crippen LogP contribution in [0.15, 0.2) is 28.9 Å². The van der Waals surface area contributed by atoms with Gasteiger partial charge in [0.05, 0.1) is 30.4 Å². The van der Waals surface area contributed by atoms with Crippen LogP contribution in [0.25, 0.3) is 5.69 Å². The molecule has 1 aromatic carbocycles. The van der Waals surface area contributed by atoms with Crippen molar-refractivity contribution < 1.29 is 8.42 Å². The van der Waals surface area contributed by atoms with E-state index in [0.717, 1.165) is 22.0 Å². The molecule has 1 N–H and O–H groups in total. The Balaban J connectivity index is 2.21. The van der Waals surface area contributed by atoms with Gasteiger partial charge in [-0.25, -0.2) is 17.8 Å². The minimum absolute atomic E-state index is 0.133. The molecule has 0 aliphatic heterocycles. The second-order valence-corrected chi connectivity index (χ2v) is 6.93. The van der Waals surface area contributed by atoms with Crippen LogP contribution in [0.5, 0.6) is 0 Å². The Labute approximate surface area is 120 Å². The number of aryl methyl sites for hydroxylation is 1. The topological polar surface area (TPSA) is 76.9 Å². The second-order valence-electron chi connectivity index (χ2n) is 4.18. The minimum atomic E-state index is -3.22. The molecular formula is C11H13BrN4O2S. The lowest BCUT2D eigenvalue weighted by Crippen LogP contribution is -2.21. The molecule has 0 spiro atoms. The molecule has 2 rings (SSSR count). The van der Waals surface area contributed by atoms with Gasteiger partial charge in [0.1, 0.15) is 0 Å². The molecule has 0 bridgehead atoms. The first kappa shape index (κ1) is 14.2. The second kappa shape index (κ2) is 5.40. The van der Waals surface area contributed by atoms with Crippen molar-refractivity contribution in [3.05, 3.63) is 40.1 Å². The molecule has 0 amide bonds. The van der Waals surface area contributed by atoms with E-state index in [-0.39, 0.29) is 6.54 Å². The fraction of sp³-hybridized carbons (Fsp3) is 0.273. The molecule has 0 aliphatic carbocycles. The van der Waals surface area contributed by atoms with Crippen LogP contribution >= 0.6 is 15.9 Å². The lowest BCUT2D eigenvalue weighted by Gasteiger charge is -2.04. The van der Waals surface area contributed by atoms with Gasteiger partial charge in [-0.2, -0.15) is 0 Å². The number of rotatable bonds is 4. The molecular weight excluding hydrogens is 332 g/mol. The molecule has 6 nitrogen and oxygen atoms in total.